The lowest BCUT2D eigenvalue weighted by Gasteiger charge is -2.41. The molecule has 2 aromatic rings. The summed E-state index contributed by atoms with van der Waals surface area (Å²) in [6.07, 6.45) is 2.55. The maximum absolute atomic E-state index is 13.0. The van der Waals surface area contributed by atoms with Crippen LogP contribution < -0.4 is 9.47 Å². The van der Waals surface area contributed by atoms with Gasteiger partial charge in [-0.25, -0.2) is 4.68 Å². The van der Waals surface area contributed by atoms with E-state index < -0.39 is 0 Å². The van der Waals surface area contributed by atoms with E-state index >= 15 is 0 Å². The molecule has 0 N–H and O–H groups in total. The number of piperidine rings is 1. The summed E-state index contributed by atoms with van der Waals surface area (Å²) >= 11 is 0. The summed E-state index contributed by atoms with van der Waals surface area (Å²) in [5.41, 5.74) is 1.47. The summed E-state index contributed by atoms with van der Waals surface area (Å²) in [4.78, 5) is 14.8. The molecule has 1 amide bonds. The fourth-order valence-corrected chi connectivity index (χ4v) is 3.51. The number of carbonyl (C=O) groups is 1. The number of hydrogen-bond donors (Lipinski definition) is 0. The molecule has 0 saturated carbocycles. The number of amides is 1. The lowest BCUT2D eigenvalue weighted by atomic mass is 9.99. The van der Waals surface area contributed by atoms with E-state index in [0.29, 0.717) is 36.8 Å². The molecular weight excluding hydrogens is 324 g/mol. The Labute approximate surface area is 145 Å². The van der Waals surface area contributed by atoms with Crippen molar-refractivity contribution in [2.24, 2.45) is 0 Å². The van der Waals surface area contributed by atoms with Crippen LogP contribution in [0.3, 0.4) is 0 Å². The summed E-state index contributed by atoms with van der Waals surface area (Å²) < 4.78 is 18.4. The second-order valence-corrected chi connectivity index (χ2v) is 6.19. The molecule has 2 unspecified atom stereocenters. The maximum Gasteiger partial charge on any atom is 0.257 e. The van der Waals surface area contributed by atoms with Gasteiger partial charge in [0, 0.05) is 19.2 Å². The van der Waals surface area contributed by atoms with Crippen molar-refractivity contribution in [3.8, 4) is 11.5 Å². The van der Waals surface area contributed by atoms with Gasteiger partial charge in [0.2, 0.25) is 0 Å². The predicted octanol–water partition coefficient (Wildman–Crippen LogP) is 1.28. The predicted molar refractivity (Wildman–Crippen MR) is 87.7 cm³/mol. The first-order valence-corrected chi connectivity index (χ1v) is 8.23. The van der Waals surface area contributed by atoms with Crippen LogP contribution in [0.4, 0.5) is 0 Å². The molecule has 1 saturated heterocycles. The van der Waals surface area contributed by atoms with Crippen LogP contribution in [0.2, 0.25) is 0 Å². The molecule has 2 aliphatic heterocycles. The average molecular weight is 344 g/mol. The van der Waals surface area contributed by atoms with Crippen molar-refractivity contribution >= 4 is 5.91 Å². The van der Waals surface area contributed by atoms with E-state index in [-0.39, 0.29) is 18.1 Å². The normalized spacial score (nSPS) is 22.1. The van der Waals surface area contributed by atoms with Gasteiger partial charge in [-0.2, -0.15) is 0 Å². The molecule has 0 spiro atoms. The summed E-state index contributed by atoms with van der Waals surface area (Å²) in [7, 11) is 3.13. The number of fused-ring (bicyclic) bond motifs is 3. The first-order valence-electron chi connectivity index (χ1n) is 8.23. The number of ether oxygens (including phenoxy) is 3. The highest BCUT2D eigenvalue weighted by Crippen LogP contribution is 2.32. The van der Waals surface area contributed by atoms with Gasteiger partial charge >= 0.3 is 0 Å². The van der Waals surface area contributed by atoms with Crippen molar-refractivity contribution in [1.29, 1.82) is 0 Å². The van der Waals surface area contributed by atoms with E-state index in [9.17, 15) is 4.79 Å². The molecule has 0 bridgehead atoms. The van der Waals surface area contributed by atoms with Crippen LogP contribution in [0.15, 0.2) is 24.4 Å². The SMILES string of the molecule is COc1ccc(C(=O)N2CCC3OCc4cnnn4C3C2)c(OC)c1. The van der Waals surface area contributed by atoms with Crippen LogP contribution in [0, 0.1) is 0 Å². The Balaban J connectivity index is 1.58. The minimum Gasteiger partial charge on any atom is -0.497 e. The molecule has 25 heavy (non-hydrogen) atoms. The largest absolute Gasteiger partial charge is 0.497 e. The van der Waals surface area contributed by atoms with Crippen molar-refractivity contribution in [2.75, 3.05) is 27.3 Å². The fourth-order valence-electron chi connectivity index (χ4n) is 3.51. The third-order valence-corrected chi connectivity index (χ3v) is 4.85. The number of benzene rings is 1. The second kappa shape index (κ2) is 6.36. The Morgan fingerprint density at radius 2 is 2.20 bits per heavy atom. The number of rotatable bonds is 3. The Morgan fingerprint density at radius 3 is 3.00 bits per heavy atom. The van der Waals surface area contributed by atoms with Gasteiger partial charge in [-0.3, -0.25) is 4.79 Å². The Hall–Kier alpha value is -2.61. The van der Waals surface area contributed by atoms with E-state index in [4.69, 9.17) is 14.2 Å². The first-order chi connectivity index (χ1) is 12.2. The molecule has 4 rings (SSSR count). The zero-order chi connectivity index (χ0) is 17.4. The van der Waals surface area contributed by atoms with Crippen molar-refractivity contribution in [3.63, 3.8) is 0 Å². The summed E-state index contributed by atoms with van der Waals surface area (Å²) in [5.74, 6) is 1.10. The van der Waals surface area contributed by atoms with Gasteiger partial charge < -0.3 is 19.1 Å². The maximum atomic E-state index is 13.0. The summed E-state index contributed by atoms with van der Waals surface area (Å²) in [6.45, 7) is 1.70. The van der Waals surface area contributed by atoms with Gasteiger partial charge in [0.1, 0.15) is 11.5 Å². The number of hydrogen-bond acceptors (Lipinski definition) is 6. The van der Waals surface area contributed by atoms with E-state index in [2.05, 4.69) is 10.3 Å². The smallest absolute Gasteiger partial charge is 0.257 e. The molecule has 2 atom stereocenters. The van der Waals surface area contributed by atoms with Gasteiger partial charge in [-0.1, -0.05) is 5.21 Å². The Kier molecular flexibility index (Phi) is 4.04. The van der Waals surface area contributed by atoms with Crippen LogP contribution >= 0.6 is 0 Å². The van der Waals surface area contributed by atoms with E-state index in [1.54, 1.807) is 38.6 Å². The topological polar surface area (TPSA) is 78.7 Å². The lowest BCUT2D eigenvalue weighted by molar-refractivity contribution is -0.0605. The number of carbonyl (C=O) groups excluding carboxylic acids is 1. The highest BCUT2D eigenvalue weighted by molar-refractivity contribution is 5.97. The molecule has 0 radical (unpaired) electrons. The molecule has 1 aromatic carbocycles. The third-order valence-electron chi connectivity index (χ3n) is 4.85. The lowest BCUT2D eigenvalue weighted by Crippen LogP contribution is -2.49. The van der Waals surface area contributed by atoms with E-state index in [1.807, 2.05) is 9.58 Å². The van der Waals surface area contributed by atoms with Gasteiger partial charge in [0.15, 0.2) is 0 Å². The molecule has 8 nitrogen and oxygen atoms in total. The molecule has 0 aliphatic carbocycles. The van der Waals surface area contributed by atoms with Crippen molar-refractivity contribution in [3.05, 3.63) is 35.7 Å². The fraction of sp³-hybridized carbons (Fsp3) is 0.471. The van der Waals surface area contributed by atoms with Gasteiger partial charge in [-0.15, -0.1) is 5.10 Å². The standard InChI is InChI=1S/C17H20N4O4/c1-23-12-3-4-13(16(7-12)24-2)17(22)20-6-5-15-14(9-20)21-11(10-25-15)8-18-19-21/h3-4,7-8,14-15H,5-6,9-10H2,1-2H3. The molecule has 132 valence electrons. The van der Waals surface area contributed by atoms with Crippen molar-refractivity contribution in [2.45, 2.75) is 25.2 Å². The van der Waals surface area contributed by atoms with Crippen LogP contribution in [-0.4, -0.2) is 59.2 Å². The Morgan fingerprint density at radius 1 is 1.32 bits per heavy atom. The Bertz CT molecular complexity index is 791. The zero-order valence-corrected chi connectivity index (χ0v) is 14.2. The van der Waals surface area contributed by atoms with E-state index in [0.717, 1.165) is 12.1 Å². The highest BCUT2D eigenvalue weighted by Gasteiger charge is 2.38. The number of likely N-dealkylation sites (tertiary alicyclic amines) is 1. The highest BCUT2D eigenvalue weighted by atomic mass is 16.5. The van der Waals surface area contributed by atoms with Gasteiger partial charge in [0.25, 0.3) is 5.91 Å². The van der Waals surface area contributed by atoms with Gasteiger partial charge in [0.05, 0.1) is 50.4 Å². The number of methoxy groups -OCH3 is 2. The van der Waals surface area contributed by atoms with Crippen LogP contribution in [-0.2, 0) is 11.3 Å². The quantitative estimate of drug-likeness (QED) is 0.835. The first kappa shape index (κ1) is 15.9. The third kappa shape index (κ3) is 2.72. The van der Waals surface area contributed by atoms with Crippen molar-refractivity contribution in [1.82, 2.24) is 19.9 Å². The van der Waals surface area contributed by atoms with Crippen LogP contribution in [0.25, 0.3) is 0 Å². The minimum absolute atomic E-state index is 0.00630. The minimum atomic E-state index is -0.0646. The average Bonchev–Trinajstić information content (AvgIpc) is 3.15. The van der Waals surface area contributed by atoms with E-state index in [1.165, 1.54) is 0 Å². The van der Waals surface area contributed by atoms with Crippen LogP contribution in [0.1, 0.15) is 28.5 Å². The molecular formula is C17H20N4O4. The molecule has 2 aliphatic rings. The number of aromatic nitrogens is 3. The summed E-state index contributed by atoms with van der Waals surface area (Å²) in [5, 5.41) is 8.14. The molecule has 8 heteroatoms. The molecule has 3 heterocycles. The zero-order valence-electron chi connectivity index (χ0n) is 14.2. The van der Waals surface area contributed by atoms with Crippen LogP contribution in [0.5, 0.6) is 11.5 Å². The summed E-state index contributed by atoms with van der Waals surface area (Å²) in [6, 6.07) is 5.22. The molecule has 1 aromatic heterocycles. The molecule has 1 fully saturated rings. The monoisotopic (exact) mass is 344 g/mol. The second-order valence-electron chi connectivity index (χ2n) is 6.19. The van der Waals surface area contributed by atoms with Crippen molar-refractivity contribution < 1.29 is 19.0 Å². The van der Waals surface area contributed by atoms with Gasteiger partial charge in [-0.05, 0) is 18.6 Å². The number of nitrogens with zero attached hydrogens (tertiary/aromatic N) is 4.